The summed E-state index contributed by atoms with van der Waals surface area (Å²) in [7, 11) is 0. The summed E-state index contributed by atoms with van der Waals surface area (Å²) in [5, 5.41) is 3.49. The Labute approximate surface area is 88.4 Å². The van der Waals surface area contributed by atoms with Crippen molar-refractivity contribution in [3.05, 3.63) is 0 Å². The minimum Gasteiger partial charge on any atom is -0.369 e. The van der Waals surface area contributed by atoms with E-state index >= 15 is 0 Å². The molecule has 1 aliphatic heterocycles. The number of hydrogen-bond acceptors (Lipinski definition) is 2. The standard InChI is InChI=1S/C12H25NO/c1-6-7-13-9-10-8-11(2,3)14-12(10,4)5/h10,13H,6-9H2,1-5H3. The quantitative estimate of drug-likeness (QED) is 0.703. The number of ether oxygens (including phenoxy) is 1. The fraction of sp³-hybridized carbons (Fsp3) is 1.00. The number of rotatable bonds is 4. The van der Waals surface area contributed by atoms with Gasteiger partial charge in [0, 0.05) is 12.5 Å². The van der Waals surface area contributed by atoms with Gasteiger partial charge in [0.05, 0.1) is 11.2 Å². The first-order valence-electron chi connectivity index (χ1n) is 5.78. The first kappa shape index (κ1) is 12.0. The third kappa shape index (κ3) is 2.96. The van der Waals surface area contributed by atoms with Gasteiger partial charge < -0.3 is 10.1 Å². The third-order valence-electron chi connectivity index (χ3n) is 3.08. The minimum absolute atomic E-state index is 0.0320. The van der Waals surface area contributed by atoms with Gasteiger partial charge >= 0.3 is 0 Å². The SMILES string of the molecule is CCCNCC1CC(C)(C)OC1(C)C. The molecule has 1 fully saturated rings. The van der Waals surface area contributed by atoms with Gasteiger partial charge in [0.15, 0.2) is 0 Å². The van der Waals surface area contributed by atoms with E-state index in [1.807, 2.05) is 0 Å². The van der Waals surface area contributed by atoms with Crippen molar-refractivity contribution in [3.8, 4) is 0 Å². The molecule has 0 bridgehead atoms. The summed E-state index contributed by atoms with van der Waals surface area (Å²) in [6.07, 6.45) is 2.37. The average molecular weight is 199 g/mol. The zero-order chi connectivity index (χ0) is 10.8. The Morgan fingerprint density at radius 1 is 1.29 bits per heavy atom. The van der Waals surface area contributed by atoms with Gasteiger partial charge in [-0.3, -0.25) is 0 Å². The molecule has 2 nitrogen and oxygen atoms in total. The van der Waals surface area contributed by atoms with E-state index in [9.17, 15) is 0 Å². The molecule has 0 amide bonds. The first-order chi connectivity index (χ1) is 6.37. The van der Waals surface area contributed by atoms with Crippen LogP contribution in [0.2, 0.25) is 0 Å². The lowest BCUT2D eigenvalue weighted by atomic mass is 9.87. The van der Waals surface area contributed by atoms with Crippen molar-refractivity contribution in [3.63, 3.8) is 0 Å². The molecule has 0 aliphatic carbocycles. The molecule has 1 unspecified atom stereocenters. The molecule has 0 radical (unpaired) electrons. The molecule has 0 aromatic carbocycles. The molecule has 1 heterocycles. The smallest absolute Gasteiger partial charge is 0.0674 e. The van der Waals surface area contributed by atoms with Gasteiger partial charge in [-0.2, -0.15) is 0 Å². The van der Waals surface area contributed by atoms with Crippen LogP contribution >= 0.6 is 0 Å². The molecule has 0 aromatic rings. The predicted octanol–water partition coefficient (Wildman–Crippen LogP) is 2.58. The highest BCUT2D eigenvalue weighted by Crippen LogP contribution is 2.41. The highest BCUT2D eigenvalue weighted by Gasteiger charge is 2.45. The van der Waals surface area contributed by atoms with Crippen LogP contribution in [-0.4, -0.2) is 24.3 Å². The van der Waals surface area contributed by atoms with E-state index in [4.69, 9.17) is 4.74 Å². The van der Waals surface area contributed by atoms with Crippen molar-refractivity contribution >= 4 is 0 Å². The molecule has 2 heteroatoms. The van der Waals surface area contributed by atoms with Gasteiger partial charge in [-0.15, -0.1) is 0 Å². The normalized spacial score (nSPS) is 29.4. The molecule has 14 heavy (non-hydrogen) atoms. The van der Waals surface area contributed by atoms with Crippen LogP contribution in [0.5, 0.6) is 0 Å². The number of nitrogens with one attached hydrogen (secondary N) is 1. The van der Waals surface area contributed by atoms with E-state index < -0.39 is 0 Å². The van der Waals surface area contributed by atoms with Gasteiger partial charge in [0.1, 0.15) is 0 Å². The van der Waals surface area contributed by atoms with Crippen LogP contribution in [0, 0.1) is 5.92 Å². The zero-order valence-electron chi connectivity index (χ0n) is 10.3. The van der Waals surface area contributed by atoms with Crippen LogP contribution in [0.3, 0.4) is 0 Å². The second-order valence-corrected chi connectivity index (χ2v) is 5.57. The molecule has 1 N–H and O–H groups in total. The topological polar surface area (TPSA) is 21.3 Å². The van der Waals surface area contributed by atoms with Gasteiger partial charge in [-0.05, 0) is 47.1 Å². The molecule has 84 valence electrons. The highest BCUT2D eigenvalue weighted by atomic mass is 16.5. The molecule has 1 rings (SSSR count). The van der Waals surface area contributed by atoms with Crippen LogP contribution in [0.25, 0.3) is 0 Å². The summed E-state index contributed by atoms with van der Waals surface area (Å²) < 4.78 is 6.04. The Kier molecular flexibility index (Phi) is 3.59. The van der Waals surface area contributed by atoms with E-state index in [-0.39, 0.29) is 11.2 Å². The van der Waals surface area contributed by atoms with Crippen LogP contribution in [0.4, 0.5) is 0 Å². The summed E-state index contributed by atoms with van der Waals surface area (Å²) in [4.78, 5) is 0. The Balaban J connectivity index is 2.44. The van der Waals surface area contributed by atoms with Crippen molar-refractivity contribution in [2.75, 3.05) is 13.1 Å². The van der Waals surface area contributed by atoms with Gasteiger partial charge in [0.25, 0.3) is 0 Å². The highest BCUT2D eigenvalue weighted by molar-refractivity contribution is 4.94. The van der Waals surface area contributed by atoms with Crippen LogP contribution in [0.1, 0.15) is 47.5 Å². The largest absolute Gasteiger partial charge is 0.369 e. The Hall–Kier alpha value is -0.0800. The van der Waals surface area contributed by atoms with E-state index in [1.54, 1.807) is 0 Å². The molecule has 1 aliphatic rings. The van der Waals surface area contributed by atoms with Crippen molar-refractivity contribution in [2.45, 2.75) is 58.7 Å². The average Bonchev–Trinajstić information content (AvgIpc) is 2.20. The lowest BCUT2D eigenvalue weighted by Crippen LogP contribution is -2.35. The third-order valence-corrected chi connectivity index (χ3v) is 3.08. The maximum atomic E-state index is 6.04. The van der Waals surface area contributed by atoms with E-state index in [0.29, 0.717) is 5.92 Å². The van der Waals surface area contributed by atoms with Gasteiger partial charge in [0.2, 0.25) is 0 Å². The van der Waals surface area contributed by atoms with Crippen molar-refractivity contribution in [1.82, 2.24) is 5.32 Å². The Bertz CT molecular complexity index is 187. The minimum atomic E-state index is 0.0320. The summed E-state index contributed by atoms with van der Waals surface area (Å²) >= 11 is 0. The monoisotopic (exact) mass is 199 g/mol. The molecule has 0 spiro atoms. The summed E-state index contributed by atoms with van der Waals surface area (Å²) in [5.41, 5.74) is 0.0896. The number of hydrogen-bond donors (Lipinski definition) is 1. The first-order valence-corrected chi connectivity index (χ1v) is 5.78. The van der Waals surface area contributed by atoms with Crippen LogP contribution < -0.4 is 5.32 Å². The molecule has 1 atom stereocenters. The lowest BCUT2D eigenvalue weighted by molar-refractivity contribution is -0.0742. The summed E-state index contributed by atoms with van der Waals surface area (Å²) in [6, 6.07) is 0. The maximum Gasteiger partial charge on any atom is 0.0674 e. The van der Waals surface area contributed by atoms with E-state index in [2.05, 4.69) is 39.9 Å². The van der Waals surface area contributed by atoms with Crippen molar-refractivity contribution in [2.24, 2.45) is 5.92 Å². The van der Waals surface area contributed by atoms with E-state index in [0.717, 1.165) is 19.5 Å². The maximum absolute atomic E-state index is 6.04. The Morgan fingerprint density at radius 3 is 2.36 bits per heavy atom. The van der Waals surface area contributed by atoms with E-state index in [1.165, 1.54) is 6.42 Å². The summed E-state index contributed by atoms with van der Waals surface area (Å²) in [6.45, 7) is 13.2. The summed E-state index contributed by atoms with van der Waals surface area (Å²) in [5.74, 6) is 0.643. The second kappa shape index (κ2) is 4.19. The molecule has 0 saturated carbocycles. The lowest BCUT2D eigenvalue weighted by Gasteiger charge is -2.27. The van der Waals surface area contributed by atoms with Gasteiger partial charge in [-0.1, -0.05) is 6.92 Å². The van der Waals surface area contributed by atoms with Gasteiger partial charge in [-0.25, -0.2) is 0 Å². The molecule has 0 aromatic heterocycles. The second-order valence-electron chi connectivity index (χ2n) is 5.57. The molecular weight excluding hydrogens is 174 g/mol. The fourth-order valence-corrected chi connectivity index (χ4v) is 2.45. The van der Waals surface area contributed by atoms with Crippen molar-refractivity contribution in [1.29, 1.82) is 0 Å². The van der Waals surface area contributed by atoms with Crippen LogP contribution in [-0.2, 0) is 4.74 Å². The van der Waals surface area contributed by atoms with Crippen LogP contribution in [0.15, 0.2) is 0 Å². The molecule has 1 saturated heterocycles. The zero-order valence-corrected chi connectivity index (χ0v) is 10.3. The van der Waals surface area contributed by atoms with Crippen molar-refractivity contribution < 1.29 is 4.74 Å². The fourth-order valence-electron chi connectivity index (χ4n) is 2.45. The Morgan fingerprint density at radius 2 is 1.93 bits per heavy atom. The molecular formula is C12H25NO. The predicted molar refractivity (Wildman–Crippen MR) is 60.5 cm³/mol.